The Balaban J connectivity index is 2.24. The van der Waals surface area contributed by atoms with E-state index in [0.29, 0.717) is 5.15 Å². The second kappa shape index (κ2) is 5.07. The summed E-state index contributed by atoms with van der Waals surface area (Å²) in [5.41, 5.74) is 0. The van der Waals surface area contributed by atoms with Gasteiger partial charge >= 0.3 is 0 Å². The number of thiazole rings is 1. The predicted molar refractivity (Wildman–Crippen MR) is 56.4 cm³/mol. The lowest BCUT2D eigenvalue weighted by Gasteiger charge is -2.06. The molecule has 0 aliphatic carbocycles. The van der Waals surface area contributed by atoms with Gasteiger partial charge in [0.1, 0.15) is 5.15 Å². The molecule has 0 fully saturated rings. The fourth-order valence-electron chi connectivity index (χ4n) is 0.621. The molecule has 2 nitrogen and oxygen atoms in total. The van der Waals surface area contributed by atoms with Crippen molar-refractivity contribution in [2.75, 3.05) is 26.4 Å². The topological polar surface area (TPSA) is 16.1 Å². The van der Waals surface area contributed by atoms with Gasteiger partial charge in [0.25, 0.3) is 0 Å². The summed E-state index contributed by atoms with van der Waals surface area (Å²) in [6.45, 7) is 1.07. The van der Waals surface area contributed by atoms with Crippen LogP contribution in [0.4, 0.5) is 0 Å². The van der Waals surface area contributed by atoms with Crippen LogP contribution in [0.25, 0.3) is 0 Å². The smallest absolute Gasteiger partial charge is 0.151 e. The van der Waals surface area contributed by atoms with E-state index in [1.165, 1.54) is 0 Å². The molecular weight excluding hydrogens is 212 g/mol. The average molecular weight is 223 g/mol. The number of aromatic nitrogens is 1. The zero-order chi connectivity index (χ0) is 8.97. The van der Waals surface area contributed by atoms with Crippen LogP contribution in [-0.2, 0) is 0 Å². The fourth-order valence-corrected chi connectivity index (χ4v) is 2.80. The number of rotatable bonds is 4. The molecule has 0 unspecified atom stereocenters. The molecule has 5 heteroatoms. The largest absolute Gasteiger partial charge is 0.309 e. The first-order valence-electron chi connectivity index (χ1n) is 3.57. The fraction of sp³-hybridized carbons (Fsp3) is 0.571. The van der Waals surface area contributed by atoms with Crippen molar-refractivity contribution in [1.29, 1.82) is 0 Å². The monoisotopic (exact) mass is 222 g/mol. The summed E-state index contributed by atoms with van der Waals surface area (Å²) in [4.78, 5) is 6.29. The van der Waals surface area contributed by atoms with Crippen molar-refractivity contribution >= 4 is 34.7 Å². The van der Waals surface area contributed by atoms with Crippen LogP contribution >= 0.6 is 34.7 Å². The molecule has 1 heterocycles. The zero-order valence-corrected chi connectivity index (χ0v) is 9.47. The van der Waals surface area contributed by atoms with Gasteiger partial charge in [-0.25, -0.2) is 4.98 Å². The summed E-state index contributed by atoms with van der Waals surface area (Å²) in [7, 11) is 4.13. The Labute approximate surface area is 85.9 Å². The lowest BCUT2D eigenvalue weighted by molar-refractivity contribution is 0.437. The molecule has 1 aromatic heterocycles. The van der Waals surface area contributed by atoms with E-state index in [0.717, 1.165) is 16.6 Å². The van der Waals surface area contributed by atoms with Crippen LogP contribution < -0.4 is 0 Å². The predicted octanol–water partition coefficient (Wildman–Crippen LogP) is 2.45. The molecule has 0 amide bonds. The molecule has 0 atom stereocenters. The Morgan fingerprint density at radius 2 is 2.42 bits per heavy atom. The van der Waals surface area contributed by atoms with Gasteiger partial charge in [0.2, 0.25) is 0 Å². The van der Waals surface area contributed by atoms with Crippen LogP contribution in [0.15, 0.2) is 9.72 Å². The van der Waals surface area contributed by atoms with Gasteiger partial charge in [-0.1, -0.05) is 23.4 Å². The highest BCUT2D eigenvalue weighted by Crippen LogP contribution is 2.24. The van der Waals surface area contributed by atoms with Gasteiger partial charge in [0.05, 0.1) is 0 Å². The van der Waals surface area contributed by atoms with E-state index < -0.39 is 0 Å². The Bertz CT molecular complexity index is 237. The third-order valence-corrected chi connectivity index (χ3v) is 3.54. The molecule has 0 bridgehead atoms. The van der Waals surface area contributed by atoms with E-state index in [1.807, 2.05) is 5.38 Å². The van der Waals surface area contributed by atoms with E-state index in [-0.39, 0.29) is 0 Å². The molecule has 1 rings (SSSR count). The lowest BCUT2D eigenvalue weighted by Crippen LogP contribution is -2.14. The summed E-state index contributed by atoms with van der Waals surface area (Å²) in [6.07, 6.45) is 0. The first-order valence-corrected chi connectivity index (χ1v) is 5.81. The number of nitrogens with zero attached hydrogens (tertiary/aromatic N) is 2. The van der Waals surface area contributed by atoms with Crippen LogP contribution in [-0.4, -0.2) is 36.3 Å². The molecule has 1 aromatic rings. The third kappa shape index (κ3) is 3.76. The highest BCUT2D eigenvalue weighted by Gasteiger charge is 1.99. The number of hydrogen-bond donors (Lipinski definition) is 0. The summed E-state index contributed by atoms with van der Waals surface area (Å²) in [5.74, 6) is 1.07. The standard InChI is InChI=1S/C7H11ClN2S2/c1-10(2)3-4-11-7-9-6(8)5-12-7/h5H,3-4H2,1-2H3. The Hall–Kier alpha value is 0.230. The number of halogens is 1. The maximum absolute atomic E-state index is 5.68. The number of thioether (sulfide) groups is 1. The molecule has 0 spiro atoms. The van der Waals surface area contributed by atoms with Gasteiger partial charge < -0.3 is 4.90 Å². The minimum atomic E-state index is 0.604. The van der Waals surface area contributed by atoms with Crippen molar-refractivity contribution in [1.82, 2.24) is 9.88 Å². The van der Waals surface area contributed by atoms with Gasteiger partial charge in [0, 0.05) is 17.7 Å². The van der Waals surface area contributed by atoms with E-state index in [1.54, 1.807) is 23.1 Å². The van der Waals surface area contributed by atoms with Crippen molar-refractivity contribution in [2.24, 2.45) is 0 Å². The maximum Gasteiger partial charge on any atom is 0.151 e. The molecule has 0 saturated carbocycles. The summed E-state index contributed by atoms with van der Waals surface area (Å²) in [5, 5.41) is 2.46. The maximum atomic E-state index is 5.68. The lowest BCUT2D eigenvalue weighted by atomic mass is 10.7. The van der Waals surface area contributed by atoms with E-state index >= 15 is 0 Å². The van der Waals surface area contributed by atoms with Gasteiger partial charge in [-0.05, 0) is 14.1 Å². The van der Waals surface area contributed by atoms with E-state index in [4.69, 9.17) is 11.6 Å². The van der Waals surface area contributed by atoms with Crippen LogP contribution in [0.5, 0.6) is 0 Å². The van der Waals surface area contributed by atoms with Gasteiger partial charge in [-0.2, -0.15) is 0 Å². The molecule has 0 N–H and O–H groups in total. The minimum absolute atomic E-state index is 0.604. The third-order valence-electron chi connectivity index (χ3n) is 1.22. The Kier molecular flexibility index (Phi) is 4.35. The van der Waals surface area contributed by atoms with Crippen LogP contribution in [0.1, 0.15) is 0 Å². The first kappa shape index (κ1) is 10.3. The molecule has 0 aliphatic heterocycles. The van der Waals surface area contributed by atoms with Gasteiger partial charge in [-0.3, -0.25) is 0 Å². The van der Waals surface area contributed by atoms with Crippen LogP contribution in [0.2, 0.25) is 5.15 Å². The zero-order valence-electron chi connectivity index (χ0n) is 7.08. The van der Waals surface area contributed by atoms with Gasteiger partial charge in [-0.15, -0.1) is 11.3 Å². The highest BCUT2D eigenvalue weighted by atomic mass is 35.5. The SMILES string of the molecule is CN(C)CCSc1nc(Cl)cs1. The Morgan fingerprint density at radius 1 is 1.67 bits per heavy atom. The van der Waals surface area contributed by atoms with Crippen molar-refractivity contribution in [2.45, 2.75) is 4.34 Å². The molecule has 68 valence electrons. The first-order chi connectivity index (χ1) is 5.68. The summed E-state index contributed by atoms with van der Waals surface area (Å²) < 4.78 is 1.06. The van der Waals surface area contributed by atoms with Gasteiger partial charge in [0.15, 0.2) is 4.34 Å². The normalized spacial score (nSPS) is 11.0. The molecule has 0 aromatic carbocycles. The quantitative estimate of drug-likeness (QED) is 0.729. The van der Waals surface area contributed by atoms with E-state index in [2.05, 4.69) is 24.0 Å². The molecular formula is C7H11ClN2S2. The minimum Gasteiger partial charge on any atom is -0.309 e. The van der Waals surface area contributed by atoms with Crippen molar-refractivity contribution < 1.29 is 0 Å². The molecule has 12 heavy (non-hydrogen) atoms. The van der Waals surface area contributed by atoms with Crippen molar-refractivity contribution in [3.8, 4) is 0 Å². The second-order valence-corrected chi connectivity index (χ2v) is 5.18. The van der Waals surface area contributed by atoms with E-state index in [9.17, 15) is 0 Å². The second-order valence-electron chi connectivity index (χ2n) is 2.59. The highest BCUT2D eigenvalue weighted by molar-refractivity contribution is 8.01. The van der Waals surface area contributed by atoms with Crippen LogP contribution in [0.3, 0.4) is 0 Å². The van der Waals surface area contributed by atoms with Crippen molar-refractivity contribution in [3.05, 3.63) is 10.5 Å². The summed E-state index contributed by atoms with van der Waals surface area (Å²) in [6, 6.07) is 0. The van der Waals surface area contributed by atoms with Crippen LogP contribution in [0, 0.1) is 0 Å². The molecule has 0 saturated heterocycles. The average Bonchev–Trinajstić information content (AvgIpc) is 2.35. The van der Waals surface area contributed by atoms with Crippen molar-refractivity contribution in [3.63, 3.8) is 0 Å². The Morgan fingerprint density at radius 3 is 2.92 bits per heavy atom. The molecule has 0 aliphatic rings. The number of hydrogen-bond acceptors (Lipinski definition) is 4. The molecule has 0 radical (unpaired) electrons. The summed E-state index contributed by atoms with van der Waals surface area (Å²) >= 11 is 9.03.